The van der Waals surface area contributed by atoms with Crippen molar-refractivity contribution in [2.75, 3.05) is 0 Å². The van der Waals surface area contributed by atoms with E-state index in [0.717, 1.165) is 11.6 Å². The Morgan fingerprint density at radius 2 is 2.24 bits per heavy atom. The summed E-state index contributed by atoms with van der Waals surface area (Å²) in [5.41, 5.74) is 1.22. The van der Waals surface area contributed by atoms with E-state index in [-0.39, 0.29) is 12.1 Å². The standard InChI is InChI=1S/C12H18N4S/c1-4-16-8-11(7-14-16)9(2)15-10(3)12-13-5-6-17-12/h5-10,15H,4H2,1-3H3. The van der Waals surface area contributed by atoms with Gasteiger partial charge in [0.1, 0.15) is 5.01 Å². The molecule has 0 radical (unpaired) electrons. The molecule has 0 saturated heterocycles. The van der Waals surface area contributed by atoms with Gasteiger partial charge in [-0.2, -0.15) is 5.10 Å². The molecule has 0 fully saturated rings. The zero-order valence-corrected chi connectivity index (χ0v) is 11.2. The Morgan fingerprint density at radius 1 is 1.41 bits per heavy atom. The van der Waals surface area contributed by atoms with E-state index in [1.807, 2.05) is 22.5 Å². The second kappa shape index (κ2) is 5.42. The molecule has 2 aromatic rings. The molecule has 92 valence electrons. The molecule has 2 rings (SSSR count). The van der Waals surface area contributed by atoms with Crippen molar-refractivity contribution in [1.29, 1.82) is 0 Å². The van der Waals surface area contributed by atoms with Gasteiger partial charge in [-0.3, -0.25) is 4.68 Å². The average Bonchev–Trinajstić information content (AvgIpc) is 3.00. The summed E-state index contributed by atoms with van der Waals surface area (Å²) < 4.78 is 1.95. The molecule has 0 saturated carbocycles. The van der Waals surface area contributed by atoms with Gasteiger partial charge in [-0.05, 0) is 20.8 Å². The number of nitrogens with one attached hydrogen (secondary N) is 1. The fourth-order valence-electron chi connectivity index (χ4n) is 1.77. The predicted octanol–water partition coefficient (Wildman–Crippen LogP) is 2.77. The van der Waals surface area contributed by atoms with Crippen molar-refractivity contribution in [1.82, 2.24) is 20.1 Å². The van der Waals surface area contributed by atoms with Crippen LogP contribution in [0.1, 0.15) is 43.4 Å². The second-order valence-corrected chi connectivity index (χ2v) is 5.04. The monoisotopic (exact) mass is 250 g/mol. The molecular weight excluding hydrogens is 232 g/mol. The van der Waals surface area contributed by atoms with Crippen LogP contribution in [-0.2, 0) is 6.54 Å². The maximum absolute atomic E-state index is 4.32. The molecule has 0 aliphatic heterocycles. The molecule has 2 heterocycles. The van der Waals surface area contributed by atoms with Crippen LogP contribution in [0.15, 0.2) is 24.0 Å². The van der Waals surface area contributed by atoms with Crippen LogP contribution >= 0.6 is 11.3 Å². The minimum Gasteiger partial charge on any atom is -0.301 e. The van der Waals surface area contributed by atoms with E-state index in [0.29, 0.717) is 0 Å². The van der Waals surface area contributed by atoms with Crippen molar-refractivity contribution < 1.29 is 0 Å². The van der Waals surface area contributed by atoms with E-state index in [4.69, 9.17) is 0 Å². The van der Waals surface area contributed by atoms with Gasteiger partial charge in [-0.25, -0.2) is 4.98 Å². The molecule has 2 unspecified atom stereocenters. The quantitative estimate of drug-likeness (QED) is 0.887. The highest BCUT2D eigenvalue weighted by Crippen LogP contribution is 2.20. The van der Waals surface area contributed by atoms with Gasteiger partial charge in [0.2, 0.25) is 0 Å². The molecule has 4 nitrogen and oxygen atoms in total. The van der Waals surface area contributed by atoms with Gasteiger partial charge >= 0.3 is 0 Å². The number of rotatable bonds is 5. The van der Waals surface area contributed by atoms with Crippen molar-refractivity contribution in [3.63, 3.8) is 0 Å². The number of hydrogen-bond acceptors (Lipinski definition) is 4. The smallest absolute Gasteiger partial charge is 0.109 e. The summed E-state index contributed by atoms with van der Waals surface area (Å²) in [5, 5.41) is 11.0. The lowest BCUT2D eigenvalue weighted by Crippen LogP contribution is -2.22. The van der Waals surface area contributed by atoms with Crippen LogP contribution in [0.5, 0.6) is 0 Å². The summed E-state index contributed by atoms with van der Waals surface area (Å²) in [7, 11) is 0. The first-order valence-corrected chi connectivity index (χ1v) is 6.76. The Morgan fingerprint density at radius 3 is 2.82 bits per heavy atom. The summed E-state index contributed by atoms with van der Waals surface area (Å²) in [6, 6.07) is 0.559. The zero-order valence-electron chi connectivity index (χ0n) is 10.4. The van der Waals surface area contributed by atoms with Gasteiger partial charge in [0.05, 0.1) is 12.2 Å². The lowest BCUT2D eigenvalue weighted by atomic mass is 10.1. The number of aromatic nitrogens is 3. The minimum atomic E-state index is 0.273. The average molecular weight is 250 g/mol. The Bertz CT molecular complexity index is 449. The molecule has 0 aliphatic rings. The van der Waals surface area contributed by atoms with Crippen LogP contribution in [0.4, 0.5) is 0 Å². The molecular formula is C12H18N4S. The van der Waals surface area contributed by atoms with Gasteiger partial charge in [0, 0.05) is 35.9 Å². The second-order valence-electron chi connectivity index (χ2n) is 4.11. The normalized spacial score (nSPS) is 14.8. The van der Waals surface area contributed by atoms with Gasteiger partial charge in [0.15, 0.2) is 0 Å². The molecule has 0 bridgehead atoms. The number of thiazole rings is 1. The highest BCUT2D eigenvalue weighted by Gasteiger charge is 2.13. The maximum atomic E-state index is 4.32. The summed E-state index contributed by atoms with van der Waals surface area (Å²) in [6.07, 6.45) is 5.86. The molecule has 17 heavy (non-hydrogen) atoms. The van der Waals surface area contributed by atoms with Crippen molar-refractivity contribution in [2.24, 2.45) is 0 Å². The van der Waals surface area contributed by atoms with E-state index in [9.17, 15) is 0 Å². The van der Waals surface area contributed by atoms with Gasteiger partial charge in [-0.15, -0.1) is 11.3 Å². The minimum absolute atomic E-state index is 0.273. The number of nitrogens with zero attached hydrogens (tertiary/aromatic N) is 3. The molecule has 0 aliphatic carbocycles. The first-order chi connectivity index (χ1) is 8.20. The fourth-order valence-corrected chi connectivity index (χ4v) is 2.42. The van der Waals surface area contributed by atoms with Crippen molar-refractivity contribution in [2.45, 2.75) is 39.4 Å². The lowest BCUT2D eigenvalue weighted by molar-refractivity contribution is 0.492. The van der Waals surface area contributed by atoms with Gasteiger partial charge in [0.25, 0.3) is 0 Å². The molecule has 2 atom stereocenters. The number of aryl methyl sites for hydroxylation is 1. The van der Waals surface area contributed by atoms with Crippen LogP contribution in [0.25, 0.3) is 0 Å². The Balaban J connectivity index is 1.99. The van der Waals surface area contributed by atoms with Crippen molar-refractivity contribution in [3.8, 4) is 0 Å². The predicted molar refractivity (Wildman–Crippen MR) is 70.0 cm³/mol. The highest BCUT2D eigenvalue weighted by molar-refractivity contribution is 7.09. The molecule has 0 spiro atoms. The first-order valence-electron chi connectivity index (χ1n) is 5.88. The third kappa shape index (κ3) is 2.92. The highest BCUT2D eigenvalue weighted by atomic mass is 32.1. The molecule has 2 aromatic heterocycles. The summed E-state index contributed by atoms with van der Waals surface area (Å²) in [5.74, 6) is 0. The van der Waals surface area contributed by atoms with Crippen molar-refractivity contribution in [3.05, 3.63) is 34.5 Å². The SMILES string of the molecule is CCn1cc(C(C)NC(C)c2nccs2)cn1. The topological polar surface area (TPSA) is 42.7 Å². The largest absolute Gasteiger partial charge is 0.301 e. The van der Waals surface area contributed by atoms with Crippen LogP contribution in [-0.4, -0.2) is 14.8 Å². The van der Waals surface area contributed by atoms with E-state index < -0.39 is 0 Å². The van der Waals surface area contributed by atoms with Crippen LogP contribution in [0.3, 0.4) is 0 Å². The van der Waals surface area contributed by atoms with E-state index in [2.05, 4.69) is 42.4 Å². The molecule has 5 heteroatoms. The van der Waals surface area contributed by atoms with E-state index in [1.54, 1.807) is 11.3 Å². The Labute approximate surface area is 106 Å². The maximum Gasteiger partial charge on any atom is 0.109 e. The first kappa shape index (κ1) is 12.3. The van der Waals surface area contributed by atoms with Crippen LogP contribution < -0.4 is 5.32 Å². The molecule has 1 N–H and O–H groups in total. The van der Waals surface area contributed by atoms with Gasteiger partial charge < -0.3 is 5.32 Å². The fraction of sp³-hybridized carbons (Fsp3) is 0.500. The zero-order chi connectivity index (χ0) is 12.3. The molecule has 0 aromatic carbocycles. The molecule has 0 amide bonds. The Hall–Kier alpha value is -1.20. The van der Waals surface area contributed by atoms with E-state index in [1.165, 1.54) is 5.56 Å². The van der Waals surface area contributed by atoms with Crippen LogP contribution in [0.2, 0.25) is 0 Å². The number of hydrogen-bond donors (Lipinski definition) is 1. The summed E-state index contributed by atoms with van der Waals surface area (Å²) >= 11 is 1.68. The van der Waals surface area contributed by atoms with E-state index >= 15 is 0 Å². The van der Waals surface area contributed by atoms with Crippen molar-refractivity contribution >= 4 is 11.3 Å². The third-order valence-electron chi connectivity index (χ3n) is 2.80. The summed E-state index contributed by atoms with van der Waals surface area (Å²) in [4.78, 5) is 4.32. The van der Waals surface area contributed by atoms with Crippen LogP contribution in [0, 0.1) is 0 Å². The van der Waals surface area contributed by atoms with Gasteiger partial charge in [-0.1, -0.05) is 0 Å². The summed E-state index contributed by atoms with van der Waals surface area (Å²) in [6.45, 7) is 7.29. The Kier molecular flexibility index (Phi) is 3.91. The third-order valence-corrected chi connectivity index (χ3v) is 3.76. The lowest BCUT2D eigenvalue weighted by Gasteiger charge is -2.17.